The number of benzene rings is 1. The molecule has 2 aromatic heterocycles. The molecule has 0 radical (unpaired) electrons. The van der Waals surface area contributed by atoms with E-state index in [2.05, 4.69) is 15.1 Å². The summed E-state index contributed by atoms with van der Waals surface area (Å²) >= 11 is 1.59. The largest absolute Gasteiger partial charge is 0.334 e. The first kappa shape index (κ1) is 15.1. The van der Waals surface area contributed by atoms with Crippen LogP contribution < -0.4 is 0 Å². The Morgan fingerprint density at radius 3 is 2.59 bits per heavy atom. The van der Waals surface area contributed by atoms with Crippen LogP contribution in [0, 0.1) is 13.8 Å². The van der Waals surface area contributed by atoms with Gasteiger partial charge in [0, 0.05) is 21.2 Å². The van der Waals surface area contributed by atoms with Gasteiger partial charge in [-0.1, -0.05) is 23.4 Å². The Morgan fingerprint density at radius 1 is 1.14 bits per heavy atom. The monoisotopic (exact) mass is 333 g/mol. The Bertz CT molecular complexity index is 796. The highest BCUT2D eigenvalue weighted by Gasteiger charge is 2.14. The van der Waals surface area contributed by atoms with Crippen LogP contribution in [-0.4, -0.2) is 19.3 Å². The van der Waals surface area contributed by atoms with E-state index in [4.69, 9.17) is 4.52 Å². The smallest absolute Gasteiger partial charge is 0.257 e. The van der Waals surface area contributed by atoms with E-state index in [1.54, 1.807) is 11.3 Å². The maximum atomic E-state index is 12.3. The van der Waals surface area contributed by atoms with Crippen molar-refractivity contribution in [2.24, 2.45) is 0 Å². The Labute approximate surface area is 134 Å². The number of aromatic nitrogens is 3. The summed E-state index contributed by atoms with van der Waals surface area (Å²) in [6, 6.07) is 9.54. The topological polar surface area (TPSA) is 68.9 Å². The molecule has 5 nitrogen and oxygen atoms in total. The van der Waals surface area contributed by atoms with Crippen LogP contribution in [0.3, 0.4) is 0 Å². The SMILES string of the molecule is Cc1nc(C)c(C[S@](=O)Cc2noc(-c3ccccc3)n2)s1. The third kappa shape index (κ3) is 3.48. The third-order valence-corrected chi connectivity index (χ3v) is 5.52. The molecule has 0 aliphatic rings. The van der Waals surface area contributed by atoms with Gasteiger partial charge in [-0.15, -0.1) is 11.3 Å². The lowest BCUT2D eigenvalue weighted by molar-refractivity contribution is 0.425. The zero-order valence-electron chi connectivity index (χ0n) is 12.3. The van der Waals surface area contributed by atoms with E-state index < -0.39 is 10.8 Å². The molecule has 0 aliphatic heterocycles. The number of nitrogens with zero attached hydrogens (tertiary/aromatic N) is 3. The maximum Gasteiger partial charge on any atom is 0.257 e. The molecular formula is C15H15N3O2S2. The predicted molar refractivity (Wildman–Crippen MR) is 86.9 cm³/mol. The molecule has 1 atom stereocenters. The molecule has 0 saturated heterocycles. The number of hydrogen-bond donors (Lipinski definition) is 0. The predicted octanol–water partition coefficient (Wildman–Crippen LogP) is 3.26. The molecule has 2 heterocycles. The first-order valence-corrected chi connectivity index (χ1v) is 9.08. The molecule has 7 heteroatoms. The fourth-order valence-corrected chi connectivity index (χ4v) is 4.43. The van der Waals surface area contributed by atoms with Gasteiger partial charge >= 0.3 is 0 Å². The molecule has 3 rings (SSSR count). The summed E-state index contributed by atoms with van der Waals surface area (Å²) in [6.07, 6.45) is 0. The van der Waals surface area contributed by atoms with E-state index in [1.165, 1.54) is 0 Å². The summed E-state index contributed by atoms with van der Waals surface area (Å²) in [7, 11) is -1.08. The molecule has 3 aromatic rings. The highest BCUT2D eigenvalue weighted by Crippen LogP contribution is 2.20. The third-order valence-electron chi connectivity index (χ3n) is 3.07. The summed E-state index contributed by atoms with van der Waals surface area (Å²) in [6.45, 7) is 3.90. The summed E-state index contributed by atoms with van der Waals surface area (Å²) in [4.78, 5) is 9.71. The molecule has 0 fully saturated rings. The van der Waals surface area contributed by atoms with Crippen molar-refractivity contribution in [3.8, 4) is 11.5 Å². The van der Waals surface area contributed by atoms with Crippen molar-refractivity contribution >= 4 is 22.1 Å². The summed E-state index contributed by atoms with van der Waals surface area (Å²) in [5.74, 6) is 1.69. The lowest BCUT2D eigenvalue weighted by Crippen LogP contribution is -2.01. The van der Waals surface area contributed by atoms with Gasteiger partial charge in [-0.25, -0.2) is 4.98 Å². The molecule has 0 amide bonds. The molecule has 22 heavy (non-hydrogen) atoms. The van der Waals surface area contributed by atoms with E-state index in [1.807, 2.05) is 44.2 Å². The fraction of sp³-hybridized carbons (Fsp3) is 0.267. The number of aryl methyl sites for hydroxylation is 2. The number of thiazole rings is 1. The standard InChI is InChI=1S/C15H15N3O2S2/c1-10-13(21-11(2)16-10)8-22(19)9-14-17-15(20-18-14)12-6-4-3-5-7-12/h3-7H,8-9H2,1-2H3/t22-/m0/s1. The number of rotatable bonds is 5. The Morgan fingerprint density at radius 2 is 1.91 bits per heavy atom. The summed E-state index contributed by atoms with van der Waals surface area (Å²) in [5.41, 5.74) is 1.81. The van der Waals surface area contributed by atoms with Gasteiger partial charge in [0.05, 0.1) is 22.2 Å². The van der Waals surface area contributed by atoms with E-state index in [9.17, 15) is 4.21 Å². The second-order valence-corrected chi connectivity index (χ2v) is 7.60. The highest BCUT2D eigenvalue weighted by atomic mass is 32.2. The lowest BCUT2D eigenvalue weighted by atomic mass is 10.2. The average Bonchev–Trinajstić information content (AvgIpc) is 3.07. The van der Waals surface area contributed by atoms with Gasteiger partial charge in [0.25, 0.3) is 5.89 Å². The summed E-state index contributed by atoms with van der Waals surface area (Å²) < 4.78 is 17.5. The molecule has 0 aliphatic carbocycles. The first-order chi connectivity index (χ1) is 10.6. The van der Waals surface area contributed by atoms with E-state index in [0.717, 1.165) is 21.1 Å². The molecular weight excluding hydrogens is 318 g/mol. The van der Waals surface area contributed by atoms with Crippen LogP contribution in [0.15, 0.2) is 34.9 Å². The average molecular weight is 333 g/mol. The highest BCUT2D eigenvalue weighted by molar-refractivity contribution is 7.83. The van der Waals surface area contributed by atoms with Crippen molar-refractivity contribution in [1.82, 2.24) is 15.1 Å². The maximum absolute atomic E-state index is 12.3. The zero-order chi connectivity index (χ0) is 15.5. The van der Waals surface area contributed by atoms with Gasteiger partial charge in [-0.2, -0.15) is 4.98 Å². The summed E-state index contributed by atoms with van der Waals surface area (Å²) in [5, 5.41) is 4.91. The molecule has 0 spiro atoms. The molecule has 0 unspecified atom stereocenters. The van der Waals surface area contributed by atoms with Crippen LogP contribution >= 0.6 is 11.3 Å². The van der Waals surface area contributed by atoms with Gasteiger partial charge < -0.3 is 4.52 Å². The van der Waals surface area contributed by atoms with E-state index in [-0.39, 0.29) is 5.75 Å². The fourth-order valence-electron chi connectivity index (χ4n) is 2.06. The molecule has 1 aromatic carbocycles. The van der Waals surface area contributed by atoms with Crippen molar-refractivity contribution in [2.45, 2.75) is 25.4 Å². The van der Waals surface area contributed by atoms with Crippen LogP contribution in [0.25, 0.3) is 11.5 Å². The second kappa shape index (κ2) is 6.50. The lowest BCUT2D eigenvalue weighted by Gasteiger charge is -1.97. The first-order valence-electron chi connectivity index (χ1n) is 6.77. The number of hydrogen-bond acceptors (Lipinski definition) is 6. The Kier molecular flexibility index (Phi) is 4.44. The molecule has 0 N–H and O–H groups in total. The molecule has 0 bridgehead atoms. The van der Waals surface area contributed by atoms with Crippen LogP contribution in [0.1, 0.15) is 21.4 Å². The van der Waals surface area contributed by atoms with Gasteiger partial charge in [-0.05, 0) is 26.0 Å². The quantitative estimate of drug-likeness (QED) is 0.717. The van der Waals surface area contributed by atoms with Gasteiger partial charge in [0.1, 0.15) is 0 Å². The molecule has 0 saturated carbocycles. The Hall–Kier alpha value is -1.86. The van der Waals surface area contributed by atoms with Crippen LogP contribution in [0.4, 0.5) is 0 Å². The van der Waals surface area contributed by atoms with Crippen LogP contribution in [-0.2, 0) is 22.3 Å². The van der Waals surface area contributed by atoms with Crippen LogP contribution in [0.5, 0.6) is 0 Å². The minimum absolute atomic E-state index is 0.284. The zero-order valence-corrected chi connectivity index (χ0v) is 13.9. The van der Waals surface area contributed by atoms with Crippen molar-refractivity contribution < 1.29 is 8.73 Å². The minimum atomic E-state index is -1.08. The minimum Gasteiger partial charge on any atom is -0.334 e. The van der Waals surface area contributed by atoms with Crippen molar-refractivity contribution in [1.29, 1.82) is 0 Å². The second-order valence-electron chi connectivity index (χ2n) is 4.85. The van der Waals surface area contributed by atoms with Gasteiger partial charge in [0.15, 0.2) is 5.82 Å². The Balaban J connectivity index is 1.67. The van der Waals surface area contributed by atoms with Crippen molar-refractivity contribution in [3.63, 3.8) is 0 Å². The van der Waals surface area contributed by atoms with E-state index in [0.29, 0.717) is 17.5 Å². The van der Waals surface area contributed by atoms with Gasteiger partial charge in [0.2, 0.25) is 0 Å². The van der Waals surface area contributed by atoms with E-state index >= 15 is 0 Å². The normalized spacial score (nSPS) is 12.5. The van der Waals surface area contributed by atoms with Crippen molar-refractivity contribution in [2.75, 3.05) is 0 Å². The molecule has 114 valence electrons. The van der Waals surface area contributed by atoms with Crippen LogP contribution in [0.2, 0.25) is 0 Å². The van der Waals surface area contributed by atoms with Crippen molar-refractivity contribution in [3.05, 3.63) is 51.7 Å². The van der Waals surface area contributed by atoms with Gasteiger partial charge in [-0.3, -0.25) is 4.21 Å².